The summed E-state index contributed by atoms with van der Waals surface area (Å²) in [6, 6.07) is 0.0349. The van der Waals surface area contributed by atoms with Crippen molar-refractivity contribution in [3.8, 4) is 0 Å². The summed E-state index contributed by atoms with van der Waals surface area (Å²) in [5.41, 5.74) is 0. The van der Waals surface area contributed by atoms with Gasteiger partial charge in [0.25, 0.3) is 5.24 Å². The van der Waals surface area contributed by atoms with Crippen molar-refractivity contribution in [1.29, 1.82) is 0 Å². The Morgan fingerprint density at radius 3 is 2.25 bits per heavy atom. The first-order chi connectivity index (χ1) is 4.95. The second kappa shape index (κ2) is 6.63. The summed E-state index contributed by atoms with van der Waals surface area (Å²) in [4.78, 5) is 12.1. The van der Waals surface area contributed by atoms with Crippen molar-refractivity contribution >= 4 is 29.3 Å². The van der Waals surface area contributed by atoms with E-state index in [0.29, 0.717) is 0 Å². The van der Waals surface area contributed by atoms with E-state index in [1.807, 2.05) is 25.9 Å². The molecule has 12 heavy (non-hydrogen) atoms. The summed E-state index contributed by atoms with van der Waals surface area (Å²) >= 11 is 4.94. The molecule has 0 N–H and O–H groups in total. The largest absolute Gasteiger partial charge is 0.307 e. The standard InChI is InChI=1S/C7H13ClFNO.ClH/c1-5(10(2)3)4-6(9)7(8)11;/h5-6H,4H2,1-3H3;1H/t5?,6-;/m1./s1. The minimum absolute atomic E-state index is 0. The molecule has 5 heteroatoms. The molecular formula is C7H14Cl2FNO. The van der Waals surface area contributed by atoms with E-state index >= 15 is 0 Å². The zero-order valence-corrected chi connectivity index (χ0v) is 8.95. The summed E-state index contributed by atoms with van der Waals surface area (Å²) in [5.74, 6) is 0. The molecule has 0 heterocycles. The number of hydrogen-bond acceptors (Lipinski definition) is 2. The average molecular weight is 218 g/mol. The van der Waals surface area contributed by atoms with Crippen LogP contribution in [-0.2, 0) is 4.79 Å². The molecule has 0 saturated heterocycles. The Morgan fingerprint density at radius 1 is 1.58 bits per heavy atom. The van der Waals surface area contributed by atoms with Crippen molar-refractivity contribution in [1.82, 2.24) is 4.90 Å². The SMILES string of the molecule is CC(C[C@@H](F)C(=O)Cl)N(C)C.Cl. The van der Waals surface area contributed by atoms with Crippen LogP contribution in [0.1, 0.15) is 13.3 Å². The van der Waals surface area contributed by atoms with Crippen LogP contribution in [0.2, 0.25) is 0 Å². The number of hydrogen-bond donors (Lipinski definition) is 0. The smallest absolute Gasteiger partial charge is 0.255 e. The Hall–Kier alpha value is 0.140. The van der Waals surface area contributed by atoms with Crippen molar-refractivity contribution in [3.05, 3.63) is 0 Å². The predicted molar refractivity (Wildman–Crippen MR) is 50.8 cm³/mol. The molecule has 2 nitrogen and oxygen atoms in total. The van der Waals surface area contributed by atoms with E-state index in [1.54, 1.807) is 0 Å². The first-order valence-corrected chi connectivity index (χ1v) is 3.82. The van der Waals surface area contributed by atoms with Crippen molar-refractivity contribution in [2.75, 3.05) is 14.1 Å². The molecule has 0 amide bonds. The maximum Gasteiger partial charge on any atom is 0.255 e. The molecular weight excluding hydrogens is 204 g/mol. The Bertz CT molecular complexity index is 143. The molecule has 1 unspecified atom stereocenters. The number of alkyl halides is 1. The first kappa shape index (κ1) is 14.7. The fraction of sp³-hybridized carbons (Fsp3) is 0.857. The first-order valence-electron chi connectivity index (χ1n) is 3.45. The highest BCUT2D eigenvalue weighted by atomic mass is 35.5. The molecule has 0 radical (unpaired) electrons. The van der Waals surface area contributed by atoms with Crippen molar-refractivity contribution in [2.45, 2.75) is 25.6 Å². The molecule has 0 aromatic carbocycles. The van der Waals surface area contributed by atoms with E-state index in [-0.39, 0.29) is 24.9 Å². The average Bonchev–Trinajstić information content (AvgIpc) is 1.87. The predicted octanol–water partition coefficient (Wildman–Crippen LogP) is 1.85. The van der Waals surface area contributed by atoms with Gasteiger partial charge < -0.3 is 4.90 Å². The lowest BCUT2D eigenvalue weighted by molar-refractivity contribution is -0.116. The Balaban J connectivity index is 0. The molecule has 0 aliphatic carbocycles. The summed E-state index contributed by atoms with van der Waals surface area (Å²) < 4.78 is 12.6. The van der Waals surface area contributed by atoms with Crippen molar-refractivity contribution < 1.29 is 9.18 Å². The minimum atomic E-state index is -1.53. The fourth-order valence-electron chi connectivity index (χ4n) is 0.603. The van der Waals surface area contributed by atoms with Gasteiger partial charge in [0.15, 0.2) is 6.17 Å². The molecule has 0 saturated carbocycles. The number of carbonyl (C=O) groups is 1. The third-order valence-electron chi connectivity index (χ3n) is 1.68. The number of rotatable bonds is 4. The van der Waals surface area contributed by atoms with Gasteiger partial charge in [-0.05, 0) is 32.6 Å². The number of nitrogens with zero attached hydrogens (tertiary/aromatic N) is 1. The highest BCUT2D eigenvalue weighted by Gasteiger charge is 2.18. The highest BCUT2D eigenvalue weighted by molar-refractivity contribution is 6.64. The second-order valence-corrected chi connectivity index (χ2v) is 3.19. The van der Waals surface area contributed by atoms with Crippen molar-refractivity contribution in [2.24, 2.45) is 0 Å². The van der Waals surface area contributed by atoms with Gasteiger partial charge >= 0.3 is 0 Å². The zero-order chi connectivity index (χ0) is 9.02. The topological polar surface area (TPSA) is 20.3 Å². The maximum absolute atomic E-state index is 12.6. The quantitative estimate of drug-likeness (QED) is 0.671. The van der Waals surface area contributed by atoms with Crippen LogP contribution in [0.3, 0.4) is 0 Å². The van der Waals surface area contributed by atoms with Crippen LogP contribution in [0.15, 0.2) is 0 Å². The molecule has 0 rings (SSSR count). The van der Waals surface area contributed by atoms with Gasteiger partial charge in [0.1, 0.15) is 0 Å². The second-order valence-electron chi connectivity index (χ2n) is 2.82. The molecule has 0 aromatic rings. The van der Waals surface area contributed by atoms with Gasteiger partial charge in [-0.25, -0.2) is 4.39 Å². The van der Waals surface area contributed by atoms with Crippen LogP contribution in [0.5, 0.6) is 0 Å². The molecule has 0 fully saturated rings. The van der Waals surface area contributed by atoms with Gasteiger partial charge in [-0.2, -0.15) is 0 Å². The molecule has 0 spiro atoms. The minimum Gasteiger partial charge on any atom is -0.307 e. The molecule has 74 valence electrons. The summed E-state index contributed by atoms with van der Waals surface area (Å²) in [5, 5.41) is -0.904. The molecule has 0 bridgehead atoms. The Kier molecular flexibility index (Phi) is 8.10. The summed E-state index contributed by atoms with van der Waals surface area (Å²) in [7, 11) is 3.66. The highest BCUT2D eigenvalue weighted by Crippen LogP contribution is 2.08. The van der Waals surface area contributed by atoms with Crippen LogP contribution in [0.25, 0.3) is 0 Å². The van der Waals surface area contributed by atoms with E-state index < -0.39 is 11.4 Å². The lowest BCUT2D eigenvalue weighted by Crippen LogP contribution is -2.29. The number of halogens is 3. The molecule has 2 atom stereocenters. The van der Waals surface area contributed by atoms with Crippen LogP contribution >= 0.6 is 24.0 Å². The lowest BCUT2D eigenvalue weighted by Gasteiger charge is -2.19. The van der Waals surface area contributed by atoms with Gasteiger partial charge in [0.05, 0.1) is 0 Å². The van der Waals surface area contributed by atoms with Gasteiger partial charge in [-0.1, -0.05) is 0 Å². The molecule has 0 aliphatic rings. The fourth-order valence-corrected chi connectivity index (χ4v) is 0.692. The summed E-state index contributed by atoms with van der Waals surface area (Å²) in [6.07, 6.45) is -1.37. The number of carbonyl (C=O) groups excluding carboxylic acids is 1. The normalized spacial score (nSPS) is 15.2. The van der Waals surface area contributed by atoms with E-state index in [4.69, 9.17) is 11.6 Å². The third kappa shape index (κ3) is 5.75. The lowest BCUT2D eigenvalue weighted by atomic mass is 10.1. The van der Waals surface area contributed by atoms with E-state index in [1.165, 1.54) is 0 Å². The zero-order valence-electron chi connectivity index (χ0n) is 7.38. The van der Waals surface area contributed by atoms with Crippen molar-refractivity contribution in [3.63, 3.8) is 0 Å². The van der Waals surface area contributed by atoms with E-state index in [9.17, 15) is 9.18 Å². The maximum atomic E-state index is 12.6. The Labute approximate surface area is 83.5 Å². The third-order valence-corrected chi connectivity index (χ3v) is 1.91. The van der Waals surface area contributed by atoms with Gasteiger partial charge in [0, 0.05) is 12.5 Å². The van der Waals surface area contributed by atoms with Crippen LogP contribution in [0.4, 0.5) is 4.39 Å². The van der Waals surface area contributed by atoms with Crippen LogP contribution in [0, 0.1) is 0 Å². The monoisotopic (exact) mass is 217 g/mol. The summed E-state index contributed by atoms with van der Waals surface area (Å²) in [6.45, 7) is 1.84. The van der Waals surface area contributed by atoms with Crippen LogP contribution in [-0.4, -0.2) is 36.5 Å². The van der Waals surface area contributed by atoms with E-state index in [2.05, 4.69) is 0 Å². The van der Waals surface area contributed by atoms with E-state index in [0.717, 1.165) is 0 Å². The van der Waals surface area contributed by atoms with Gasteiger partial charge in [-0.15, -0.1) is 12.4 Å². The molecule has 0 aliphatic heterocycles. The van der Waals surface area contributed by atoms with Gasteiger partial charge in [-0.3, -0.25) is 4.79 Å². The Morgan fingerprint density at radius 2 is 2.00 bits per heavy atom. The molecule has 0 aromatic heterocycles. The van der Waals surface area contributed by atoms with Crippen LogP contribution < -0.4 is 0 Å². The van der Waals surface area contributed by atoms with Gasteiger partial charge in [0.2, 0.25) is 0 Å².